The molecule has 7 aromatic carbocycles. The summed E-state index contributed by atoms with van der Waals surface area (Å²) >= 11 is 3.50. The second-order valence-electron chi connectivity index (χ2n) is 14.3. The normalized spacial score (nSPS) is 14.1. The van der Waals surface area contributed by atoms with Crippen LogP contribution in [-0.2, 0) is 18.4 Å². The van der Waals surface area contributed by atoms with Crippen LogP contribution in [0.1, 0.15) is 58.0 Å². The molecule has 2 aliphatic heterocycles. The molecule has 55 heavy (non-hydrogen) atoms. The molecular formula is C49H41BrN2O3. The lowest BCUT2D eigenvalue weighted by Crippen LogP contribution is -2.37. The number of rotatable bonds is 6. The van der Waals surface area contributed by atoms with Crippen LogP contribution in [-0.4, -0.2) is 27.9 Å². The van der Waals surface area contributed by atoms with Crippen LogP contribution in [0.5, 0.6) is 11.5 Å². The molecule has 0 fully saturated rings. The topological polar surface area (TPSA) is 56.5 Å². The molecule has 0 bridgehead atoms. The Balaban J connectivity index is 0.000000220. The average Bonchev–Trinajstić information content (AvgIpc) is 3.75. The maximum atomic E-state index is 11.6. The summed E-state index contributed by atoms with van der Waals surface area (Å²) in [5.41, 5.74) is 6.72. The summed E-state index contributed by atoms with van der Waals surface area (Å²) in [7, 11) is 0. The van der Waals surface area contributed by atoms with Crippen molar-refractivity contribution in [1.82, 2.24) is 9.55 Å². The molecule has 6 heteroatoms. The fourth-order valence-corrected chi connectivity index (χ4v) is 8.75. The molecule has 272 valence electrons. The number of aliphatic hydroxyl groups excluding tert-OH is 1. The van der Waals surface area contributed by atoms with E-state index in [9.17, 15) is 5.11 Å². The minimum Gasteiger partial charge on any atom is -0.493 e. The highest BCUT2D eigenvalue weighted by Gasteiger charge is 2.38. The number of aromatic nitrogens is 2. The number of nitrogens with zero attached hydrogens (tertiary/aromatic N) is 2. The summed E-state index contributed by atoms with van der Waals surface area (Å²) in [5.74, 6) is 2.04. The number of halogens is 1. The third kappa shape index (κ3) is 6.60. The Morgan fingerprint density at radius 3 is 1.65 bits per heavy atom. The SMILES string of the molecule is Brc1ccc2c3c(ccc2c1)OCCC3.OC(c1ccc2c3c(ccc2c1)OCCC3)c1cn(C(c2ccccc2)(c2ccccc2)c2ccccc2)cn1. The second kappa shape index (κ2) is 15.2. The van der Waals surface area contributed by atoms with Gasteiger partial charge in [-0.1, -0.05) is 137 Å². The molecule has 1 unspecified atom stereocenters. The van der Waals surface area contributed by atoms with Gasteiger partial charge in [-0.05, 0) is 99.8 Å². The van der Waals surface area contributed by atoms with Gasteiger partial charge in [-0.3, -0.25) is 0 Å². The van der Waals surface area contributed by atoms with Crippen molar-refractivity contribution in [3.8, 4) is 11.5 Å². The molecule has 1 atom stereocenters. The van der Waals surface area contributed by atoms with E-state index < -0.39 is 11.6 Å². The van der Waals surface area contributed by atoms with Gasteiger partial charge >= 0.3 is 0 Å². The van der Waals surface area contributed by atoms with E-state index in [4.69, 9.17) is 14.5 Å². The first kappa shape index (κ1) is 35.0. The highest BCUT2D eigenvalue weighted by molar-refractivity contribution is 9.10. The maximum Gasteiger partial charge on any atom is 0.123 e. The lowest BCUT2D eigenvalue weighted by molar-refractivity contribution is 0.216. The lowest BCUT2D eigenvalue weighted by Gasteiger charge is -2.37. The summed E-state index contributed by atoms with van der Waals surface area (Å²) < 4.78 is 14.8. The van der Waals surface area contributed by atoms with E-state index in [1.54, 1.807) is 0 Å². The molecule has 2 aliphatic rings. The van der Waals surface area contributed by atoms with Crippen LogP contribution in [0.3, 0.4) is 0 Å². The molecule has 5 nitrogen and oxygen atoms in total. The van der Waals surface area contributed by atoms with Crippen molar-refractivity contribution in [1.29, 1.82) is 0 Å². The standard InChI is InChI=1S/C36H30N2O2.C13H11BrO/c39-35(27-18-20-31-26(23-27)19-21-34-32(31)17-10-22-40-34)33-24-38(25-37-33)36(28-11-4-1-5-12-28,29-13-6-2-7-14-29)30-15-8-3-9-16-30;14-10-4-5-11-9(8-10)3-6-13-12(11)2-1-7-15-13/h1-9,11-16,18-21,23-25,35,39H,10,17,22H2;3-6,8H,1-2,7H2. The summed E-state index contributed by atoms with van der Waals surface area (Å²) in [5, 5.41) is 16.5. The Bertz CT molecular complexity index is 2490. The fourth-order valence-electron chi connectivity index (χ4n) is 8.37. The summed E-state index contributed by atoms with van der Waals surface area (Å²) in [6.07, 6.45) is 7.27. The number of hydrogen-bond donors (Lipinski definition) is 1. The first-order valence-electron chi connectivity index (χ1n) is 19.0. The fraction of sp³-hybridized carbons (Fsp3) is 0.163. The van der Waals surface area contributed by atoms with Crippen molar-refractivity contribution in [2.24, 2.45) is 0 Å². The molecule has 0 saturated carbocycles. The van der Waals surface area contributed by atoms with E-state index in [1.807, 2.05) is 36.8 Å². The number of aryl methyl sites for hydroxylation is 2. The van der Waals surface area contributed by atoms with Gasteiger partial charge in [-0.25, -0.2) is 4.98 Å². The smallest absolute Gasteiger partial charge is 0.123 e. The van der Waals surface area contributed by atoms with Gasteiger partial charge in [0.05, 0.1) is 25.2 Å². The van der Waals surface area contributed by atoms with Gasteiger partial charge in [0.2, 0.25) is 0 Å². The number of fused-ring (bicyclic) bond motifs is 6. The Morgan fingerprint density at radius 2 is 1.11 bits per heavy atom. The van der Waals surface area contributed by atoms with Crippen LogP contribution in [0.4, 0.5) is 0 Å². The van der Waals surface area contributed by atoms with Crippen molar-refractivity contribution >= 4 is 37.5 Å². The largest absolute Gasteiger partial charge is 0.493 e. The molecule has 8 aromatic rings. The zero-order valence-electron chi connectivity index (χ0n) is 30.4. The van der Waals surface area contributed by atoms with Gasteiger partial charge in [0.15, 0.2) is 0 Å². The molecule has 3 heterocycles. The molecule has 1 N–H and O–H groups in total. The van der Waals surface area contributed by atoms with Crippen molar-refractivity contribution in [2.75, 3.05) is 13.2 Å². The number of ether oxygens (including phenoxy) is 2. The van der Waals surface area contributed by atoms with Gasteiger partial charge in [0.1, 0.15) is 23.1 Å². The Morgan fingerprint density at radius 1 is 0.600 bits per heavy atom. The first-order valence-corrected chi connectivity index (χ1v) is 19.8. The van der Waals surface area contributed by atoms with E-state index in [0.717, 1.165) is 82.5 Å². The van der Waals surface area contributed by atoms with Gasteiger partial charge in [-0.2, -0.15) is 0 Å². The highest BCUT2D eigenvalue weighted by atomic mass is 79.9. The minimum absolute atomic E-state index is 0.604. The van der Waals surface area contributed by atoms with Crippen molar-refractivity contribution in [2.45, 2.75) is 37.3 Å². The molecule has 0 amide bonds. The van der Waals surface area contributed by atoms with Crippen molar-refractivity contribution < 1.29 is 14.6 Å². The van der Waals surface area contributed by atoms with Crippen LogP contribution >= 0.6 is 15.9 Å². The van der Waals surface area contributed by atoms with Gasteiger partial charge in [0.25, 0.3) is 0 Å². The van der Waals surface area contributed by atoms with Gasteiger partial charge in [0, 0.05) is 21.8 Å². The van der Waals surface area contributed by atoms with Crippen LogP contribution in [0.25, 0.3) is 21.5 Å². The van der Waals surface area contributed by atoms with Crippen LogP contribution in [0, 0.1) is 0 Å². The maximum absolute atomic E-state index is 11.6. The molecule has 1 aromatic heterocycles. The molecule has 0 spiro atoms. The van der Waals surface area contributed by atoms with E-state index >= 15 is 0 Å². The quantitative estimate of drug-likeness (QED) is 0.171. The molecular weight excluding hydrogens is 744 g/mol. The highest BCUT2D eigenvalue weighted by Crippen LogP contribution is 2.42. The van der Waals surface area contributed by atoms with E-state index in [-0.39, 0.29) is 0 Å². The molecule has 10 rings (SSSR count). The Hall–Kier alpha value is -5.69. The zero-order chi connectivity index (χ0) is 37.2. The third-order valence-corrected chi connectivity index (χ3v) is 11.5. The van der Waals surface area contributed by atoms with Crippen LogP contribution < -0.4 is 9.47 Å². The first-order chi connectivity index (χ1) is 27.1. The van der Waals surface area contributed by atoms with Crippen LogP contribution in [0.15, 0.2) is 169 Å². The number of hydrogen-bond acceptors (Lipinski definition) is 4. The monoisotopic (exact) mass is 784 g/mol. The third-order valence-electron chi connectivity index (χ3n) is 11.0. The number of benzene rings is 7. The summed E-state index contributed by atoms with van der Waals surface area (Å²) in [4.78, 5) is 4.78. The van der Waals surface area contributed by atoms with Crippen molar-refractivity contribution in [3.63, 3.8) is 0 Å². The minimum atomic E-state index is -0.863. The van der Waals surface area contributed by atoms with E-state index in [1.165, 1.54) is 27.3 Å². The van der Waals surface area contributed by atoms with E-state index in [2.05, 4.69) is 148 Å². The summed E-state index contributed by atoms with van der Waals surface area (Å²) in [6.45, 7) is 1.63. The van der Waals surface area contributed by atoms with Crippen LogP contribution in [0.2, 0.25) is 0 Å². The predicted molar refractivity (Wildman–Crippen MR) is 224 cm³/mol. The lowest BCUT2D eigenvalue weighted by atomic mass is 9.77. The average molecular weight is 786 g/mol. The summed E-state index contributed by atoms with van der Waals surface area (Å²) in [6, 6.07) is 52.5. The second-order valence-corrected chi connectivity index (χ2v) is 15.2. The van der Waals surface area contributed by atoms with Gasteiger partial charge < -0.3 is 19.1 Å². The number of imidazole rings is 1. The zero-order valence-corrected chi connectivity index (χ0v) is 32.0. The van der Waals surface area contributed by atoms with E-state index in [0.29, 0.717) is 5.69 Å². The molecule has 0 aliphatic carbocycles. The molecule has 0 radical (unpaired) electrons. The van der Waals surface area contributed by atoms with Gasteiger partial charge in [-0.15, -0.1) is 0 Å². The number of aliphatic hydroxyl groups is 1. The molecule has 0 saturated heterocycles. The predicted octanol–water partition coefficient (Wildman–Crippen LogP) is 11.2. The Kier molecular flexibility index (Phi) is 9.69. The van der Waals surface area contributed by atoms with Crippen molar-refractivity contribution in [3.05, 3.63) is 208 Å². The Labute approximate surface area is 330 Å².